The second kappa shape index (κ2) is 7.97. The predicted molar refractivity (Wildman–Crippen MR) is 138 cm³/mol. The Labute approximate surface area is 198 Å². The topological polar surface area (TPSA) is 34.1 Å². The fourth-order valence-electron chi connectivity index (χ4n) is 4.60. The Morgan fingerprint density at radius 1 is 0.879 bits per heavy atom. The molecule has 1 atom stereocenters. The molecule has 0 N–H and O–H groups in total. The van der Waals surface area contributed by atoms with Gasteiger partial charge in [0.15, 0.2) is 11.6 Å². The van der Waals surface area contributed by atoms with Crippen molar-refractivity contribution in [3.8, 4) is 0 Å². The first-order chi connectivity index (χ1) is 16.2. The molecule has 0 spiro atoms. The maximum absolute atomic E-state index is 12.8. The monoisotopic (exact) mass is 433 g/mol. The van der Waals surface area contributed by atoms with Crippen LogP contribution in [0.2, 0.25) is 0 Å². The van der Waals surface area contributed by atoms with E-state index in [2.05, 4.69) is 36.4 Å². The summed E-state index contributed by atoms with van der Waals surface area (Å²) in [5, 5.41) is 0. The molecule has 0 amide bonds. The van der Waals surface area contributed by atoms with Gasteiger partial charge in [-0.15, -0.1) is 0 Å². The fraction of sp³-hybridized carbons (Fsp3) is 0.129. The number of aryl methyl sites for hydroxylation is 1. The first-order valence-electron chi connectivity index (χ1n) is 11.5. The second-order valence-electron chi connectivity index (χ2n) is 8.98. The van der Waals surface area contributed by atoms with Crippen LogP contribution in [0.3, 0.4) is 0 Å². The van der Waals surface area contributed by atoms with Crippen LogP contribution in [-0.4, -0.2) is 11.6 Å². The maximum Gasteiger partial charge on any atom is 0.193 e. The van der Waals surface area contributed by atoms with Crippen LogP contribution >= 0.6 is 0 Å². The third kappa shape index (κ3) is 3.72. The van der Waals surface area contributed by atoms with E-state index in [0.29, 0.717) is 5.92 Å². The Morgan fingerprint density at radius 3 is 2.18 bits per heavy atom. The van der Waals surface area contributed by atoms with Crippen LogP contribution in [0.15, 0.2) is 130 Å². The molecule has 2 heteroatoms. The van der Waals surface area contributed by atoms with E-state index in [1.165, 1.54) is 16.7 Å². The van der Waals surface area contributed by atoms with E-state index in [0.717, 1.165) is 52.7 Å². The van der Waals surface area contributed by atoms with Gasteiger partial charge in [-0.1, -0.05) is 90.6 Å². The number of carbonyl (C=O) groups excluding carboxylic acids is 2. The molecule has 0 aliphatic heterocycles. The average molecular weight is 434 g/mol. The van der Waals surface area contributed by atoms with Gasteiger partial charge in [-0.3, -0.25) is 9.59 Å². The minimum absolute atomic E-state index is 0. The van der Waals surface area contributed by atoms with Gasteiger partial charge in [0.05, 0.1) is 0 Å². The molecule has 165 valence electrons. The number of Topliss-reactive ketones (excluding diaryl/α,β-unsaturated/α-hetero) is 2. The molecule has 0 saturated carbocycles. The molecule has 2 nitrogen and oxygen atoms in total. The van der Waals surface area contributed by atoms with Crippen LogP contribution in [0.5, 0.6) is 0 Å². The van der Waals surface area contributed by atoms with Crippen molar-refractivity contribution < 1.29 is 13.9 Å². The fourth-order valence-corrected chi connectivity index (χ4v) is 4.60. The SMILES string of the molecule is O=C(C1=CC=C1)/C(=C/C1=CC=C(CCc2ccc(C(=O)C3=CC=C3)cc2)C2CC=C12)C1=C[CH]1.[HH].[HH].[HH]. The largest absolute Gasteiger partial charge is 0.289 e. The van der Waals surface area contributed by atoms with Crippen molar-refractivity contribution >= 4 is 11.6 Å². The first kappa shape index (κ1) is 19.9. The maximum atomic E-state index is 12.8. The highest BCUT2D eigenvalue weighted by Gasteiger charge is 2.31. The number of ketones is 2. The lowest BCUT2D eigenvalue weighted by molar-refractivity contribution is -0.111. The van der Waals surface area contributed by atoms with Crippen LogP contribution < -0.4 is 0 Å². The molecule has 5 aliphatic rings. The van der Waals surface area contributed by atoms with Crippen molar-refractivity contribution in [2.24, 2.45) is 5.92 Å². The first-order valence-corrected chi connectivity index (χ1v) is 11.5. The standard InChI is InChI=1S/C31H23O2.3H2/c32-30(23-3-1-4-23)25-11-8-20(9-12-25)7-10-21-15-16-26(28-18-17-27(21)28)19-29(22-13-14-22)31(33)24-5-2-6-24;;;/h1-6,8-9,11-16,18-19,27H,7,10,17H2;3*1H/b29-19+;;;. The number of hydrogen-bond acceptors (Lipinski definition) is 2. The Bertz CT molecular complexity index is 1370. The lowest BCUT2D eigenvalue weighted by Gasteiger charge is -2.34. The molecule has 0 saturated heterocycles. The Balaban J connectivity index is 0.00000120. The van der Waals surface area contributed by atoms with Crippen molar-refractivity contribution in [2.75, 3.05) is 0 Å². The van der Waals surface area contributed by atoms with Gasteiger partial charge in [0, 0.05) is 38.9 Å². The minimum atomic E-state index is 0. The lowest BCUT2D eigenvalue weighted by atomic mass is 9.71. The van der Waals surface area contributed by atoms with Crippen LogP contribution in [-0.2, 0) is 11.2 Å². The number of benzene rings is 1. The zero-order valence-corrected chi connectivity index (χ0v) is 18.3. The van der Waals surface area contributed by atoms with Gasteiger partial charge in [-0.25, -0.2) is 0 Å². The molecule has 1 aromatic carbocycles. The number of fused-ring (bicyclic) bond motifs is 1. The van der Waals surface area contributed by atoms with Crippen LogP contribution in [0.4, 0.5) is 0 Å². The normalized spacial score (nSPS) is 21.7. The highest BCUT2D eigenvalue weighted by Crippen LogP contribution is 2.44. The Kier molecular flexibility index (Phi) is 4.80. The molecule has 0 bridgehead atoms. The number of hydrogen-bond donors (Lipinski definition) is 0. The molecular weight excluding hydrogens is 404 g/mol. The van der Waals surface area contributed by atoms with E-state index in [9.17, 15) is 9.59 Å². The van der Waals surface area contributed by atoms with Crippen molar-refractivity contribution in [1.29, 1.82) is 0 Å². The molecule has 0 heterocycles. The Hall–Kier alpha value is -3.78. The molecule has 1 radical (unpaired) electrons. The summed E-state index contributed by atoms with van der Waals surface area (Å²) in [6, 6.07) is 8.02. The summed E-state index contributed by atoms with van der Waals surface area (Å²) in [6.45, 7) is 0. The molecule has 1 aromatic rings. The molecule has 6 rings (SSSR count). The summed E-state index contributed by atoms with van der Waals surface area (Å²) in [4.78, 5) is 25.1. The molecule has 0 fully saturated rings. The van der Waals surface area contributed by atoms with Gasteiger partial charge >= 0.3 is 0 Å². The van der Waals surface area contributed by atoms with Crippen LogP contribution in [0.25, 0.3) is 0 Å². The van der Waals surface area contributed by atoms with Crippen LogP contribution in [0, 0.1) is 12.3 Å². The predicted octanol–water partition coefficient (Wildman–Crippen LogP) is 6.98. The second-order valence-corrected chi connectivity index (χ2v) is 8.98. The molecule has 1 unspecified atom stereocenters. The van der Waals surface area contributed by atoms with E-state index in [1.807, 2.05) is 61.1 Å². The lowest BCUT2D eigenvalue weighted by Crippen LogP contribution is -2.20. The van der Waals surface area contributed by atoms with Crippen molar-refractivity contribution in [1.82, 2.24) is 0 Å². The van der Waals surface area contributed by atoms with Gasteiger partial charge < -0.3 is 0 Å². The van der Waals surface area contributed by atoms with Gasteiger partial charge in [0.25, 0.3) is 0 Å². The van der Waals surface area contributed by atoms with Gasteiger partial charge in [0.2, 0.25) is 0 Å². The third-order valence-corrected chi connectivity index (χ3v) is 6.94. The summed E-state index contributed by atoms with van der Waals surface area (Å²) >= 11 is 0. The van der Waals surface area contributed by atoms with E-state index in [4.69, 9.17) is 0 Å². The average Bonchev–Trinajstić information content (AvgIpc) is 3.54. The Morgan fingerprint density at radius 2 is 1.61 bits per heavy atom. The molecule has 5 aliphatic carbocycles. The molecular formula is C31H29O2. The van der Waals surface area contributed by atoms with Gasteiger partial charge in [0.1, 0.15) is 0 Å². The smallest absolute Gasteiger partial charge is 0.193 e. The number of carbonyl (C=O) groups is 2. The number of rotatable bonds is 9. The summed E-state index contributed by atoms with van der Waals surface area (Å²) in [6.07, 6.45) is 27.1. The van der Waals surface area contributed by atoms with Crippen molar-refractivity contribution in [3.05, 3.63) is 148 Å². The summed E-state index contributed by atoms with van der Waals surface area (Å²) in [5.41, 5.74) is 9.34. The van der Waals surface area contributed by atoms with Gasteiger partial charge in [-0.05, 0) is 47.6 Å². The zero-order chi connectivity index (χ0) is 22.4. The molecule has 0 aromatic heterocycles. The van der Waals surface area contributed by atoms with E-state index in [-0.39, 0.29) is 15.8 Å². The summed E-state index contributed by atoms with van der Waals surface area (Å²) < 4.78 is 0. The van der Waals surface area contributed by atoms with E-state index >= 15 is 0 Å². The van der Waals surface area contributed by atoms with E-state index in [1.54, 1.807) is 0 Å². The molecule has 33 heavy (non-hydrogen) atoms. The third-order valence-electron chi connectivity index (χ3n) is 6.94. The van der Waals surface area contributed by atoms with Crippen molar-refractivity contribution in [3.63, 3.8) is 0 Å². The van der Waals surface area contributed by atoms with Crippen LogP contribution in [0.1, 0.15) is 33.0 Å². The quantitative estimate of drug-likeness (QED) is 0.311. The summed E-state index contributed by atoms with van der Waals surface area (Å²) in [7, 11) is 0. The minimum Gasteiger partial charge on any atom is -0.289 e. The number of allylic oxidation sites excluding steroid dienone is 18. The van der Waals surface area contributed by atoms with E-state index < -0.39 is 0 Å². The summed E-state index contributed by atoms with van der Waals surface area (Å²) in [5.74, 6) is 0.656. The zero-order valence-electron chi connectivity index (χ0n) is 18.3. The highest BCUT2D eigenvalue weighted by molar-refractivity contribution is 6.15. The van der Waals surface area contributed by atoms with Gasteiger partial charge in [-0.2, -0.15) is 0 Å². The van der Waals surface area contributed by atoms with Crippen molar-refractivity contribution in [2.45, 2.75) is 19.3 Å². The highest BCUT2D eigenvalue weighted by atomic mass is 16.1.